The smallest absolute Gasteiger partial charge is 0.280 e. The predicted octanol–water partition coefficient (Wildman–Crippen LogP) is 4.74. The van der Waals surface area contributed by atoms with Gasteiger partial charge in [-0.1, -0.05) is 0 Å². The minimum Gasteiger partial charge on any atom is -0.321 e. The normalized spacial score (nSPS) is 10.8. The Hall–Kier alpha value is -3.27. The van der Waals surface area contributed by atoms with E-state index in [1.807, 2.05) is 0 Å². The molecule has 0 aliphatic heterocycles. The Morgan fingerprint density at radius 1 is 1.03 bits per heavy atom. The van der Waals surface area contributed by atoms with Gasteiger partial charge in [-0.3, -0.25) is 14.6 Å². The van der Waals surface area contributed by atoms with Gasteiger partial charge in [-0.15, -0.1) is 11.3 Å². The van der Waals surface area contributed by atoms with Gasteiger partial charge in [0.2, 0.25) is 0 Å². The molecule has 0 saturated carbocycles. The number of carbonyl (C=O) groups is 2. The van der Waals surface area contributed by atoms with E-state index in [4.69, 9.17) is 0 Å². The summed E-state index contributed by atoms with van der Waals surface area (Å²) in [4.78, 5) is 32.7. The number of anilines is 2. The number of amides is 2. The molecule has 10 heteroatoms. The highest BCUT2D eigenvalue weighted by Crippen LogP contribution is 2.23. The van der Waals surface area contributed by atoms with E-state index in [1.165, 1.54) is 29.7 Å². The van der Waals surface area contributed by atoms with E-state index in [0.717, 1.165) is 23.3 Å². The molecular formula is C19H15F3N4O2S. The van der Waals surface area contributed by atoms with Crippen molar-refractivity contribution in [3.8, 4) is 0 Å². The molecule has 0 atom stereocenters. The van der Waals surface area contributed by atoms with Gasteiger partial charge < -0.3 is 10.6 Å². The van der Waals surface area contributed by atoms with Crippen molar-refractivity contribution in [1.29, 1.82) is 0 Å². The first-order valence-electron chi connectivity index (χ1n) is 8.34. The molecule has 0 aliphatic rings. The lowest BCUT2D eigenvalue weighted by atomic mass is 10.1. The quantitative estimate of drug-likeness (QED) is 0.625. The molecule has 2 aromatic heterocycles. The molecule has 3 rings (SSSR count). The fraction of sp³-hybridized carbons (Fsp3) is 0.158. The number of hydrogen-bond acceptors (Lipinski definition) is 5. The topological polar surface area (TPSA) is 84.0 Å². The van der Waals surface area contributed by atoms with Gasteiger partial charge in [-0.2, -0.15) is 0 Å². The highest BCUT2D eigenvalue weighted by Gasteiger charge is 2.18. The number of pyridine rings is 1. The van der Waals surface area contributed by atoms with Crippen LogP contribution in [0.5, 0.6) is 0 Å². The molecule has 0 radical (unpaired) electrons. The summed E-state index contributed by atoms with van der Waals surface area (Å²) in [5.41, 5.74) is 0.0672. The number of nitrogens with zero attached hydrogens (tertiary/aromatic N) is 2. The maximum atomic E-state index is 14.3. The lowest BCUT2D eigenvalue weighted by molar-refractivity contribution is 0.101. The van der Waals surface area contributed by atoms with Crippen LogP contribution in [0.1, 0.15) is 42.7 Å². The zero-order chi connectivity index (χ0) is 21.1. The van der Waals surface area contributed by atoms with Crippen molar-refractivity contribution in [3.05, 3.63) is 69.2 Å². The third-order valence-corrected chi connectivity index (χ3v) is 4.83. The molecular weight excluding hydrogens is 405 g/mol. The van der Waals surface area contributed by atoms with Crippen LogP contribution in [0, 0.1) is 19.7 Å². The molecule has 29 heavy (non-hydrogen) atoms. The summed E-state index contributed by atoms with van der Waals surface area (Å²) < 4.78 is 39.4. The lowest BCUT2D eigenvalue weighted by Crippen LogP contribution is -2.17. The monoisotopic (exact) mass is 420 g/mol. The van der Waals surface area contributed by atoms with Crippen LogP contribution >= 0.6 is 11.3 Å². The summed E-state index contributed by atoms with van der Waals surface area (Å²) in [5, 5.41) is 5.75. The van der Waals surface area contributed by atoms with Gasteiger partial charge in [0, 0.05) is 5.69 Å². The molecule has 150 valence electrons. The molecule has 0 unspecified atom stereocenters. The van der Waals surface area contributed by atoms with Crippen LogP contribution < -0.4 is 10.6 Å². The Morgan fingerprint density at radius 2 is 1.79 bits per heavy atom. The van der Waals surface area contributed by atoms with Crippen LogP contribution in [-0.2, 0) is 0 Å². The van der Waals surface area contributed by atoms with Crippen molar-refractivity contribution in [2.24, 2.45) is 0 Å². The first-order chi connectivity index (χ1) is 13.7. The Morgan fingerprint density at radius 3 is 2.38 bits per heavy atom. The maximum absolute atomic E-state index is 14.3. The van der Waals surface area contributed by atoms with Gasteiger partial charge in [0.25, 0.3) is 18.2 Å². The second-order valence-electron chi connectivity index (χ2n) is 6.07. The van der Waals surface area contributed by atoms with Crippen molar-refractivity contribution in [3.63, 3.8) is 0 Å². The van der Waals surface area contributed by atoms with E-state index in [1.54, 1.807) is 13.8 Å². The van der Waals surface area contributed by atoms with Gasteiger partial charge in [0.15, 0.2) is 0 Å². The van der Waals surface area contributed by atoms with E-state index in [-0.39, 0.29) is 16.9 Å². The molecule has 2 heterocycles. The third kappa shape index (κ3) is 4.77. The van der Waals surface area contributed by atoms with E-state index >= 15 is 0 Å². The van der Waals surface area contributed by atoms with Crippen LogP contribution in [0.2, 0.25) is 0 Å². The van der Waals surface area contributed by atoms with Crippen LogP contribution in [0.4, 0.5) is 24.5 Å². The highest BCUT2D eigenvalue weighted by molar-refractivity contribution is 7.13. The Bertz CT molecular complexity index is 1070. The molecule has 3 aromatic rings. The number of benzene rings is 1. The van der Waals surface area contributed by atoms with Gasteiger partial charge in [0.1, 0.15) is 16.4 Å². The average molecular weight is 420 g/mol. The van der Waals surface area contributed by atoms with Crippen molar-refractivity contribution in [2.45, 2.75) is 20.3 Å². The van der Waals surface area contributed by atoms with Gasteiger partial charge in [0.05, 0.1) is 28.7 Å². The van der Waals surface area contributed by atoms with Crippen molar-refractivity contribution < 1.29 is 22.8 Å². The Kier molecular flexibility index (Phi) is 5.92. The van der Waals surface area contributed by atoms with Gasteiger partial charge in [-0.25, -0.2) is 18.2 Å². The Balaban J connectivity index is 1.80. The van der Waals surface area contributed by atoms with Gasteiger partial charge >= 0.3 is 0 Å². The minimum atomic E-state index is -2.73. The summed E-state index contributed by atoms with van der Waals surface area (Å²) in [7, 11) is 0. The van der Waals surface area contributed by atoms with E-state index < -0.39 is 29.8 Å². The van der Waals surface area contributed by atoms with E-state index in [9.17, 15) is 22.8 Å². The van der Waals surface area contributed by atoms with E-state index in [0.29, 0.717) is 10.4 Å². The summed E-state index contributed by atoms with van der Waals surface area (Å²) in [6.45, 7) is 3.35. The summed E-state index contributed by atoms with van der Waals surface area (Å²) >= 11 is 1.20. The fourth-order valence-corrected chi connectivity index (χ4v) is 3.11. The summed E-state index contributed by atoms with van der Waals surface area (Å²) in [6.07, 6.45) is -0.249. The zero-order valence-corrected chi connectivity index (χ0v) is 16.1. The zero-order valence-electron chi connectivity index (χ0n) is 15.3. The molecule has 0 spiro atoms. The first kappa shape index (κ1) is 20.5. The Labute approximate surface area is 167 Å². The number of nitrogens with one attached hydrogen (secondary N) is 2. The van der Waals surface area contributed by atoms with Crippen LogP contribution in [-0.4, -0.2) is 21.8 Å². The standard InChI is InChI=1S/C19H15F3N4O2S/c1-9-5-13(20)12(6-15(9)26-19(28)16-8-23-10(2)29-16)18(27)25-11-3-4-14(17(21)22)24-7-11/h3-8,17H,1-2H3,(H,25,27)(H,26,28). The first-order valence-corrected chi connectivity index (χ1v) is 9.15. The SMILES string of the molecule is Cc1ncc(C(=O)Nc2cc(C(=O)Nc3ccc(C(F)F)nc3)c(F)cc2C)s1. The van der Waals surface area contributed by atoms with Crippen molar-refractivity contribution >= 4 is 34.5 Å². The van der Waals surface area contributed by atoms with Gasteiger partial charge in [-0.05, 0) is 43.7 Å². The average Bonchev–Trinajstić information content (AvgIpc) is 3.10. The summed E-state index contributed by atoms with van der Waals surface area (Å²) in [5.74, 6) is -2.02. The van der Waals surface area contributed by atoms with Crippen molar-refractivity contribution in [1.82, 2.24) is 9.97 Å². The second-order valence-corrected chi connectivity index (χ2v) is 7.31. The largest absolute Gasteiger partial charge is 0.321 e. The third-order valence-electron chi connectivity index (χ3n) is 3.92. The number of aryl methyl sites for hydroxylation is 2. The number of hydrogen-bond donors (Lipinski definition) is 2. The van der Waals surface area contributed by atoms with Crippen molar-refractivity contribution in [2.75, 3.05) is 10.6 Å². The van der Waals surface area contributed by atoms with E-state index in [2.05, 4.69) is 20.6 Å². The number of alkyl halides is 2. The number of thiazole rings is 1. The molecule has 0 saturated heterocycles. The van der Waals surface area contributed by atoms with Crippen LogP contribution in [0.15, 0.2) is 36.7 Å². The number of aromatic nitrogens is 2. The highest BCUT2D eigenvalue weighted by atomic mass is 32.1. The minimum absolute atomic E-state index is 0.130. The second kappa shape index (κ2) is 8.39. The molecule has 2 N–H and O–H groups in total. The number of carbonyl (C=O) groups excluding carboxylic acids is 2. The fourth-order valence-electron chi connectivity index (χ4n) is 2.44. The van der Waals surface area contributed by atoms with Crippen LogP contribution in [0.3, 0.4) is 0 Å². The number of halogens is 3. The maximum Gasteiger partial charge on any atom is 0.280 e. The lowest BCUT2D eigenvalue weighted by Gasteiger charge is -2.12. The molecule has 0 bridgehead atoms. The molecule has 2 amide bonds. The molecule has 0 aliphatic carbocycles. The molecule has 6 nitrogen and oxygen atoms in total. The number of rotatable bonds is 5. The summed E-state index contributed by atoms with van der Waals surface area (Å²) in [6, 6.07) is 4.65. The van der Waals surface area contributed by atoms with Crippen LogP contribution in [0.25, 0.3) is 0 Å². The predicted molar refractivity (Wildman–Crippen MR) is 103 cm³/mol. The molecule has 0 fully saturated rings. The molecule has 1 aromatic carbocycles.